The van der Waals surface area contributed by atoms with Crippen molar-refractivity contribution in [2.75, 3.05) is 18.6 Å². The van der Waals surface area contributed by atoms with Gasteiger partial charge in [-0.2, -0.15) is 29.8 Å². The van der Waals surface area contributed by atoms with Gasteiger partial charge in [0.2, 0.25) is 0 Å². The maximum atomic E-state index is 13.2. The van der Waals surface area contributed by atoms with E-state index in [1.807, 2.05) is 0 Å². The summed E-state index contributed by atoms with van der Waals surface area (Å²) in [6, 6.07) is 4.72. The fourth-order valence-corrected chi connectivity index (χ4v) is 3.77. The lowest BCUT2D eigenvalue weighted by molar-refractivity contribution is -0.137. The minimum absolute atomic E-state index is 0.325. The van der Waals surface area contributed by atoms with E-state index in [1.54, 1.807) is 16.8 Å². The van der Waals surface area contributed by atoms with Gasteiger partial charge in [0, 0.05) is 12.6 Å². The normalized spacial score (nSPS) is 20.3. The molecule has 0 bridgehead atoms. The molecule has 1 saturated heterocycles. The highest BCUT2D eigenvalue weighted by molar-refractivity contribution is 7.08. The Morgan fingerprint density at radius 1 is 1.30 bits per heavy atom. The van der Waals surface area contributed by atoms with Gasteiger partial charge in [-0.15, -0.1) is 0 Å². The van der Waals surface area contributed by atoms with E-state index in [4.69, 9.17) is 5.26 Å². The topological polar surface area (TPSA) is 84.6 Å². The van der Waals surface area contributed by atoms with Gasteiger partial charge in [0.15, 0.2) is 5.54 Å². The first-order valence-corrected chi connectivity index (χ1v) is 8.50. The fourth-order valence-electron chi connectivity index (χ4n) is 3.04. The van der Waals surface area contributed by atoms with E-state index in [0.717, 1.165) is 17.0 Å². The van der Waals surface area contributed by atoms with Gasteiger partial charge in [0.1, 0.15) is 0 Å². The second kappa shape index (κ2) is 6.37. The number of amides is 3. The Balaban J connectivity index is 2.15. The van der Waals surface area contributed by atoms with E-state index < -0.39 is 41.4 Å². The number of likely N-dealkylation sites (N-methyl/N-ethyl adjacent to an activating group) is 1. The number of imide groups is 1. The lowest BCUT2D eigenvalue weighted by Gasteiger charge is -2.29. The molecular weight excluding hydrogens is 383 g/mol. The molecule has 10 heteroatoms. The van der Waals surface area contributed by atoms with Crippen molar-refractivity contribution in [1.82, 2.24) is 4.90 Å². The van der Waals surface area contributed by atoms with Crippen LogP contribution in [-0.4, -0.2) is 35.6 Å². The van der Waals surface area contributed by atoms with Crippen LogP contribution in [-0.2, 0) is 16.5 Å². The van der Waals surface area contributed by atoms with Crippen LogP contribution in [0.15, 0.2) is 35.0 Å². The molecular formula is C17H12F3N3O3S. The SMILES string of the molecule is CN1C(=O)N(c2ccc(C#N)c(C(F)(F)F)c2)C(=O)C1(CO)c1ccsc1. The molecule has 0 radical (unpaired) electrons. The first-order valence-electron chi connectivity index (χ1n) is 7.55. The van der Waals surface area contributed by atoms with Gasteiger partial charge in [-0.25, -0.2) is 9.69 Å². The predicted molar refractivity (Wildman–Crippen MR) is 89.9 cm³/mol. The third-order valence-electron chi connectivity index (χ3n) is 4.52. The first kappa shape index (κ1) is 18.9. The number of benzene rings is 1. The minimum Gasteiger partial charge on any atom is -0.393 e. The standard InChI is InChI=1S/C17H12F3N3O3S/c1-22-15(26)23(14(25)16(22,9-24)11-4-5-27-8-11)12-3-2-10(7-21)13(6-12)17(18,19)20/h2-6,8,24H,9H2,1H3. The van der Waals surface area contributed by atoms with Gasteiger partial charge >= 0.3 is 12.2 Å². The predicted octanol–water partition coefficient (Wildman–Crippen LogP) is 2.92. The van der Waals surface area contributed by atoms with Crippen LogP contribution in [0.3, 0.4) is 0 Å². The Morgan fingerprint density at radius 2 is 2.00 bits per heavy atom. The first-order chi connectivity index (χ1) is 12.7. The van der Waals surface area contributed by atoms with Crippen molar-refractivity contribution >= 4 is 29.0 Å². The summed E-state index contributed by atoms with van der Waals surface area (Å²) in [6.07, 6.45) is -4.83. The summed E-state index contributed by atoms with van der Waals surface area (Å²) in [6.45, 7) is -0.732. The number of halogens is 3. The molecule has 140 valence electrons. The number of aliphatic hydroxyl groups excluding tert-OH is 1. The van der Waals surface area contributed by atoms with Crippen LogP contribution in [0.5, 0.6) is 0 Å². The maximum Gasteiger partial charge on any atom is 0.417 e. The zero-order chi connectivity index (χ0) is 20.0. The number of carbonyl (C=O) groups excluding carboxylic acids is 2. The van der Waals surface area contributed by atoms with E-state index in [9.17, 15) is 27.9 Å². The number of hydrogen-bond acceptors (Lipinski definition) is 5. The number of anilines is 1. The molecule has 0 spiro atoms. The summed E-state index contributed by atoms with van der Waals surface area (Å²) in [4.78, 5) is 27.3. The van der Waals surface area contributed by atoms with Gasteiger partial charge < -0.3 is 10.0 Å². The van der Waals surface area contributed by atoms with Crippen LogP contribution in [0.4, 0.5) is 23.7 Å². The quantitative estimate of drug-likeness (QED) is 0.810. The van der Waals surface area contributed by atoms with Crippen LogP contribution in [0.2, 0.25) is 0 Å². The van der Waals surface area contributed by atoms with Crippen molar-refractivity contribution in [3.8, 4) is 6.07 Å². The Kier molecular flexibility index (Phi) is 4.45. The molecule has 3 amide bonds. The number of urea groups is 1. The highest BCUT2D eigenvalue weighted by Crippen LogP contribution is 2.41. The van der Waals surface area contributed by atoms with Gasteiger partial charge in [-0.05, 0) is 35.0 Å². The number of hydrogen-bond donors (Lipinski definition) is 1. The monoisotopic (exact) mass is 395 g/mol. The minimum atomic E-state index is -4.83. The molecule has 1 fully saturated rings. The van der Waals surface area contributed by atoms with E-state index in [0.29, 0.717) is 16.5 Å². The Labute approximate surface area is 155 Å². The molecule has 0 saturated carbocycles. The Hall–Kier alpha value is -2.90. The zero-order valence-electron chi connectivity index (χ0n) is 13.8. The molecule has 3 rings (SSSR count). The average molecular weight is 395 g/mol. The van der Waals surface area contributed by atoms with Crippen LogP contribution in [0.1, 0.15) is 16.7 Å². The Morgan fingerprint density at radius 3 is 2.52 bits per heavy atom. The van der Waals surface area contributed by atoms with Crippen molar-refractivity contribution in [3.05, 3.63) is 51.7 Å². The van der Waals surface area contributed by atoms with E-state index >= 15 is 0 Å². The molecule has 27 heavy (non-hydrogen) atoms. The van der Waals surface area contributed by atoms with Gasteiger partial charge in [-0.3, -0.25) is 4.79 Å². The number of carbonyl (C=O) groups is 2. The van der Waals surface area contributed by atoms with Crippen LogP contribution in [0, 0.1) is 11.3 Å². The van der Waals surface area contributed by atoms with Crippen LogP contribution in [0.25, 0.3) is 0 Å². The summed E-state index contributed by atoms with van der Waals surface area (Å²) in [5, 5.41) is 22.1. The maximum absolute atomic E-state index is 13.2. The highest BCUT2D eigenvalue weighted by Gasteiger charge is 2.57. The molecule has 6 nitrogen and oxygen atoms in total. The second-order valence-corrected chi connectivity index (χ2v) is 6.63. The number of thiophene rings is 1. The summed E-state index contributed by atoms with van der Waals surface area (Å²) in [5.74, 6) is -0.867. The van der Waals surface area contributed by atoms with E-state index in [2.05, 4.69) is 0 Å². The van der Waals surface area contributed by atoms with Crippen LogP contribution >= 0.6 is 11.3 Å². The molecule has 1 unspecified atom stereocenters. The molecule has 1 aliphatic heterocycles. The van der Waals surface area contributed by atoms with Crippen molar-refractivity contribution in [2.24, 2.45) is 0 Å². The van der Waals surface area contributed by atoms with Crippen molar-refractivity contribution in [2.45, 2.75) is 11.7 Å². The second-order valence-electron chi connectivity index (χ2n) is 5.85. The molecule has 0 aliphatic carbocycles. The largest absolute Gasteiger partial charge is 0.417 e. The lowest BCUT2D eigenvalue weighted by atomic mass is 9.91. The van der Waals surface area contributed by atoms with E-state index in [-0.39, 0.29) is 5.69 Å². The van der Waals surface area contributed by atoms with Crippen molar-refractivity contribution in [3.63, 3.8) is 0 Å². The fraction of sp³-hybridized carbons (Fsp3) is 0.235. The van der Waals surface area contributed by atoms with Crippen molar-refractivity contribution in [1.29, 1.82) is 5.26 Å². The average Bonchev–Trinajstić information content (AvgIpc) is 3.22. The molecule has 1 N–H and O–H groups in total. The third-order valence-corrected chi connectivity index (χ3v) is 5.21. The van der Waals surface area contributed by atoms with Crippen molar-refractivity contribution < 1.29 is 27.9 Å². The molecule has 1 atom stereocenters. The van der Waals surface area contributed by atoms with Gasteiger partial charge in [0.25, 0.3) is 5.91 Å². The highest BCUT2D eigenvalue weighted by atomic mass is 32.1. The Bertz CT molecular complexity index is 953. The van der Waals surface area contributed by atoms with Gasteiger partial charge in [-0.1, -0.05) is 0 Å². The number of nitriles is 1. The summed E-state index contributed by atoms with van der Waals surface area (Å²) >= 11 is 1.25. The molecule has 1 aromatic heterocycles. The third kappa shape index (κ3) is 2.67. The number of rotatable bonds is 3. The molecule has 2 aromatic rings. The summed E-state index contributed by atoms with van der Waals surface area (Å²) < 4.78 is 39.7. The summed E-state index contributed by atoms with van der Waals surface area (Å²) in [5.41, 5.74) is -3.55. The number of nitrogens with zero attached hydrogens (tertiary/aromatic N) is 3. The molecule has 2 heterocycles. The lowest BCUT2D eigenvalue weighted by Crippen LogP contribution is -2.48. The molecule has 1 aromatic carbocycles. The van der Waals surface area contributed by atoms with E-state index in [1.165, 1.54) is 24.5 Å². The number of aliphatic hydroxyl groups is 1. The molecule has 1 aliphatic rings. The smallest absolute Gasteiger partial charge is 0.393 e. The van der Waals surface area contributed by atoms with Gasteiger partial charge in [0.05, 0.1) is 29.5 Å². The number of alkyl halides is 3. The summed E-state index contributed by atoms with van der Waals surface area (Å²) in [7, 11) is 1.29. The van der Waals surface area contributed by atoms with Crippen LogP contribution < -0.4 is 4.90 Å². The zero-order valence-corrected chi connectivity index (χ0v) is 14.6.